The molecule has 1 N–H and O–H groups in total. The lowest BCUT2D eigenvalue weighted by Crippen LogP contribution is -2.43. The fourth-order valence-corrected chi connectivity index (χ4v) is 5.51. The van der Waals surface area contributed by atoms with Gasteiger partial charge in [-0.15, -0.1) is 0 Å². The minimum Gasteiger partial charge on any atom is -0.371 e. The van der Waals surface area contributed by atoms with Gasteiger partial charge in [0.1, 0.15) is 11.6 Å². The molecule has 2 aliphatic rings. The molecule has 7 heteroatoms. The molecule has 5 nitrogen and oxygen atoms in total. The van der Waals surface area contributed by atoms with Gasteiger partial charge in [0.2, 0.25) is 5.91 Å². The minimum absolute atomic E-state index is 0.0271. The Morgan fingerprint density at radius 2 is 1.78 bits per heavy atom. The number of carbonyl (C=O) groups is 1. The first kappa shape index (κ1) is 22.8. The number of halogens is 2. The molecule has 182 valence electrons. The number of carbonyl (C=O) groups excluding carboxylic acids is 1. The molecule has 6 rings (SSSR count). The first-order valence-electron chi connectivity index (χ1n) is 12.3. The number of nitrogens with one attached hydrogen (secondary N) is 1. The van der Waals surface area contributed by atoms with Gasteiger partial charge in [0, 0.05) is 59.5 Å². The van der Waals surface area contributed by atoms with Crippen LogP contribution in [0.5, 0.6) is 0 Å². The van der Waals surface area contributed by atoms with Crippen molar-refractivity contribution in [3.8, 4) is 22.6 Å². The Labute approximate surface area is 214 Å². The van der Waals surface area contributed by atoms with Gasteiger partial charge in [0.05, 0.1) is 11.4 Å². The van der Waals surface area contributed by atoms with Crippen molar-refractivity contribution >= 4 is 28.9 Å². The Morgan fingerprint density at radius 1 is 0.972 bits per heavy atom. The molecule has 2 aliphatic heterocycles. The SMILES string of the molecule is O=C(C1CCN(c2ccccc2)CC1)N1CCc2[nH]c(-c3cccc(F)c3)nc2-c2cc(Cl)ccc21. The third-order valence-electron chi connectivity index (χ3n) is 7.20. The molecule has 3 aromatic carbocycles. The molecular formula is C29H26ClFN4O. The lowest BCUT2D eigenvalue weighted by molar-refractivity contribution is -0.123. The second-order valence-electron chi connectivity index (χ2n) is 9.42. The number of para-hydroxylation sites is 1. The fourth-order valence-electron chi connectivity index (χ4n) is 5.34. The summed E-state index contributed by atoms with van der Waals surface area (Å²) in [6, 6.07) is 22.4. The summed E-state index contributed by atoms with van der Waals surface area (Å²) in [6.07, 6.45) is 2.26. The Hall–Kier alpha value is -3.64. The number of imidazole rings is 1. The third-order valence-corrected chi connectivity index (χ3v) is 7.43. The van der Waals surface area contributed by atoms with E-state index in [0.29, 0.717) is 29.4 Å². The van der Waals surface area contributed by atoms with Gasteiger partial charge >= 0.3 is 0 Å². The molecule has 0 aliphatic carbocycles. The molecule has 1 amide bonds. The maximum absolute atomic E-state index is 13.8. The van der Waals surface area contributed by atoms with Crippen molar-refractivity contribution < 1.29 is 9.18 Å². The summed E-state index contributed by atoms with van der Waals surface area (Å²) in [7, 11) is 0. The zero-order valence-electron chi connectivity index (χ0n) is 19.8. The van der Waals surface area contributed by atoms with E-state index in [9.17, 15) is 9.18 Å². The van der Waals surface area contributed by atoms with E-state index < -0.39 is 0 Å². The first-order chi connectivity index (χ1) is 17.6. The van der Waals surface area contributed by atoms with Crippen LogP contribution in [-0.2, 0) is 11.2 Å². The van der Waals surface area contributed by atoms with Crippen molar-refractivity contribution in [3.63, 3.8) is 0 Å². The van der Waals surface area contributed by atoms with E-state index >= 15 is 0 Å². The highest BCUT2D eigenvalue weighted by atomic mass is 35.5. The Morgan fingerprint density at radius 3 is 2.56 bits per heavy atom. The van der Waals surface area contributed by atoms with Crippen LogP contribution in [0.2, 0.25) is 5.02 Å². The number of hydrogen-bond acceptors (Lipinski definition) is 3. The van der Waals surface area contributed by atoms with E-state index in [2.05, 4.69) is 22.0 Å². The van der Waals surface area contributed by atoms with Crippen molar-refractivity contribution in [2.45, 2.75) is 19.3 Å². The number of aromatic nitrogens is 2. The first-order valence-corrected chi connectivity index (χ1v) is 12.7. The molecule has 1 saturated heterocycles. The van der Waals surface area contributed by atoms with Gasteiger partial charge in [0.25, 0.3) is 0 Å². The van der Waals surface area contributed by atoms with Crippen LogP contribution in [0.3, 0.4) is 0 Å². The maximum Gasteiger partial charge on any atom is 0.230 e. The summed E-state index contributed by atoms with van der Waals surface area (Å²) >= 11 is 6.39. The number of anilines is 2. The Bertz CT molecular complexity index is 1410. The number of piperidine rings is 1. The van der Waals surface area contributed by atoms with Gasteiger partial charge in [0.15, 0.2) is 0 Å². The molecule has 0 saturated carbocycles. The number of hydrogen-bond donors (Lipinski definition) is 1. The summed E-state index contributed by atoms with van der Waals surface area (Å²) in [5.41, 5.74) is 5.23. The van der Waals surface area contributed by atoms with E-state index in [-0.39, 0.29) is 17.6 Å². The van der Waals surface area contributed by atoms with Crippen molar-refractivity contribution in [1.29, 1.82) is 0 Å². The summed E-state index contributed by atoms with van der Waals surface area (Å²) in [5.74, 6) is 0.429. The molecule has 0 spiro atoms. The molecule has 4 aromatic rings. The predicted octanol–water partition coefficient (Wildman–Crippen LogP) is 6.34. The number of benzene rings is 3. The largest absolute Gasteiger partial charge is 0.371 e. The van der Waals surface area contributed by atoms with Crippen molar-refractivity contribution in [3.05, 3.63) is 89.3 Å². The van der Waals surface area contributed by atoms with E-state index in [1.807, 2.05) is 47.4 Å². The number of amides is 1. The topological polar surface area (TPSA) is 52.2 Å². The highest BCUT2D eigenvalue weighted by molar-refractivity contribution is 6.31. The van der Waals surface area contributed by atoms with Crippen LogP contribution in [0.1, 0.15) is 18.5 Å². The number of rotatable bonds is 3. The standard InChI is InChI=1S/C29H26ClFN4O/c30-21-9-10-26-24(18-21)27-25(32-28(33-27)20-5-4-6-22(31)17-20)13-16-35(26)29(36)19-11-14-34(15-12-19)23-7-2-1-3-8-23/h1-10,17-19H,11-16H2,(H,32,33). The Balaban J connectivity index is 1.28. The van der Waals surface area contributed by atoms with Crippen molar-refractivity contribution in [2.24, 2.45) is 5.92 Å². The van der Waals surface area contributed by atoms with Crippen LogP contribution in [-0.4, -0.2) is 35.5 Å². The molecule has 3 heterocycles. The van der Waals surface area contributed by atoms with Crippen LogP contribution < -0.4 is 9.80 Å². The normalized spacial score (nSPS) is 15.8. The molecule has 0 unspecified atom stereocenters. The van der Waals surface area contributed by atoms with Crippen molar-refractivity contribution in [2.75, 3.05) is 29.4 Å². The summed E-state index contributed by atoms with van der Waals surface area (Å²) in [4.78, 5) is 26.3. The number of aromatic amines is 1. The van der Waals surface area contributed by atoms with Crippen LogP contribution in [0, 0.1) is 11.7 Å². The summed E-state index contributed by atoms with van der Waals surface area (Å²) < 4.78 is 13.8. The Kier molecular flexibility index (Phi) is 5.97. The van der Waals surface area contributed by atoms with Gasteiger partial charge in [-0.3, -0.25) is 4.79 Å². The lowest BCUT2D eigenvalue weighted by Gasteiger charge is -2.35. The van der Waals surface area contributed by atoms with Crippen LogP contribution >= 0.6 is 11.6 Å². The molecule has 0 atom stereocenters. The zero-order valence-corrected chi connectivity index (χ0v) is 20.5. The van der Waals surface area contributed by atoms with Gasteiger partial charge in [-0.05, 0) is 55.3 Å². The average Bonchev–Trinajstić information content (AvgIpc) is 3.28. The van der Waals surface area contributed by atoms with Gasteiger partial charge in [-0.25, -0.2) is 9.37 Å². The van der Waals surface area contributed by atoms with Crippen LogP contribution in [0.25, 0.3) is 22.6 Å². The number of nitrogens with zero attached hydrogens (tertiary/aromatic N) is 3. The minimum atomic E-state index is -0.308. The van der Waals surface area contributed by atoms with E-state index in [4.69, 9.17) is 16.6 Å². The number of fused-ring (bicyclic) bond motifs is 3. The molecule has 0 bridgehead atoms. The summed E-state index contributed by atoms with van der Waals surface area (Å²) in [5, 5.41) is 0.584. The highest BCUT2D eigenvalue weighted by Gasteiger charge is 2.33. The van der Waals surface area contributed by atoms with E-state index in [1.165, 1.54) is 17.8 Å². The summed E-state index contributed by atoms with van der Waals surface area (Å²) in [6.45, 7) is 2.27. The van der Waals surface area contributed by atoms with Crippen LogP contribution in [0.15, 0.2) is 72.8 Å². The predicted molar refractivity (Wildman–Crippen MR) is 142 cm³/mol. The lowest BCUT2D eigenvalue weighted by atomic mass is 9.94. The van der Waals surface area contributed by atoms with Gasteiger partial charge in [-0.1, -0.05) is 41.9 Å². The average molecular weight is 501 g/mol. The highest BCUT2D eigenvalue weighted by Crippen LogP contribution is 2.39. The molecule has 1 fully saturated rings. The third kappa shape index (κ3) is 4.26. The van der Waals surface area contributed by atoms with Gasteiger partial charge < -0.3 is 14.8 Å². The second kappa shape index (κ2) is 9.43. The molecular weight excluding hydrogens is 475 g/mol. The molecule has 1 aromatic heterocycles. The smallest absolute Gasteiger partial charge is 0.230 e. The van der Waals surface area contributed by atoms with Crippen molar-refractivity contribution in [1.82, 2.24) is 9.97 Å². The van der Waals surface area contributed by atoms with Crippen LogP contribution in [0.4, 0.5) is 15.8 Å². The second-order valence-corrected chi connectivity index (χ2v) is 9.86. The quantitative estimate of drug-likeness (QED) is 0.357. The monoisotopic (exact) mass is 500 g/mol. The van der Waals surface area contributed by atoms with Gasteiger partial charge in [-0.2, -0.15) is 0 Å². The fraction of sp³-hybridized carbons (Fsp3) is 0.241. The van der Waals surface area contributed by atoms with E-state index in [0.717, 1.165) is 48.6 Å². The number of H-pyrrole nitrogens is 1. The molecule has 36 heavy (non-hydrogen) atoms. The van der Waals surface area contributed by atoms with E-state index in [1.54, 1.807) is 6.07 Å². The maximum atomic E-state index is 13.8. The molecule has 0 radical (unpaired) electrons. The zero-order chi connectivity index (χ0) is 24.6.